The molecule has 1 amide bonds. The van der Waals surface area contributed by atoms with E-state index >= 15 is 0 Å². The number of nitrogens with one attached hydrogen (secondary N) is 2. The lowest BCUT2D eigenvalue weighted by Gasteiger charge is -2.03. The van der Waals surface area contributed by atoms with Gasteiger partial charge in [0.1, 0.15) is 0 Å². The summed E-state index contributed by atoms with van der Waals surface area (Å²) >= 11 is 7.21. The average Bonchev–Trinajstić information content (AvgIpc) is 3.12. The lowest BCUT2D eigenvalue weighted by Crippen LogP contribution is -2.12. The van der Waals surface area contributed by atoms with Gasteiger partial charge in [-0.3, -0.25) is 10.1 Å². The Hall–Kier alpha value is -2.79. The predicted molar refractivity (Wildman–Crippen MR) is 114 cm³/mol. The summed E-state index contributed by atoms with van der Waals surface area (Å²) in [6.45, 7) is 0.403. The molecule has 0 saturated heterocycles. The zero-order valence-electron chi connectivity index (χ0n) is 14.9. The third-order valence-electron chi connectivity index (χ3n) is 3.67. The standard InChI is InChI=1S/C18H16ClN5O3S2/c19-15-4-2-1-3-13(15)7-10-16(25)22-18-24-23-17(28-18)21-11-12-5-8-14(9-6-12)29(20,26)27/h1-10H,11H2,(H,21,23)(H2,20,26,27)(H,22,24,25)/b10-7+. The van der Waals surface area contributed by atoms with Crippen LogP contribution in [0.3, 0.4) is 0 Å². The van der Waals surface area contributed by atoms with Crippen molar-refractivity contribution in [2.24, 2.45) is 5.14 Å². The molecule has 2 aromatic carbocycles. The maximum absolute atomic E-state index is 12.0. The first-order chi connectivity index (χ1) is 13.8. The Morgan fingerprint density at radius 2 is 1.79 bits per heavy atom. The normalized spacial score (nSPS) is 11.5. The maximum atomic E-state index is 12.0. The Balaban J connectivity index is 1.54. The lowest BCUT2D eigenvalue weighted by molar-refractivity contribution is -0.111. The van der Waals surface area contributed by atoms with Crippen LogP contribution < -0.4 is 15.8 Å². The molecule has 4 N–H and O–H groups in total. The zero-order chi connectivity index (χ0) is 20.9. The molecule has 0 bridgehead atoms. The molecule has 0 fully saturated rings. The number of nitrogens with two attached hydrogens (primary N) is 1. The van der Waals surface area contributed by atoms with Gasteiger partial charge in [0, 0.05) is 17.6 Å². The number of anilines is 2. The number of amides is 1. The van der Waals surface area contributed by atoms with Crippen LogP contribution in [0.5, 0.6) is 0 Å². The number of hydrogen-bond donors (Lipinski definition) is 3. The van der Waals surface area contributed by atoms with E-state index in [4.69, 9.17) is 16.7 Å². The second-order valence-electron chi connectivity index (χ2n) is 5.80. The smallest absolute Gasteiger partial charge is 0.250 e. The van der Waals surface area contributed by atoms with Crippen molar-refractivity contribution in [2.75, 3.05) is 10.6 Å². The molecule has 0 aliphatic rings. The summed E-state index contributed by atoms with van der Waals surface area (Å²) in [5, 5.41) is 20.0. The molecule has 3 rings (SSSR count). The summed E-state index contributed by atoms with van der Waals surface area (Å²) in [4.78, 5) is 12.1. The first-order valence-corrected chi connectivity index (χ1v) is 11.0. The highest BCUT2D eigenvalue weighted by Gasteiger charge is 2.08. The second kappa shape index (κ2) is 9.14. The summed E-state index contributed by atoms with van der Waals surface area (Å²) < 4.78 is 22.5. The number of aromatic nitrogens is 2. The Morgan fingerprint density at radius 3 is 2.48 bits per heavy atom. The molecule has 11 heteroatoms. The van der Waals surface area contributed by atoms with Crippen LogP contribution in [0.25, 0.3) is 6.08 Å². The van der Waals surface area contributed by atoms with Gasteiger partial charge >= 0.3 is 0 Å². The fourth-order valence-corrected chi connectivity index (χ4v) is 3.60. The minimum Gasteiger partial charge on any atom is -0.356 e. The molecule has 1 heterocycles. The van der Waals surface area contributed by atoms with Gasteiger partial charge in [0.25, 0.3) is 0 Å². The van der Waals surface area contributed by atoms with Gasteiger partial charge in [-0.15, -0.1) is 10.2 Å². The topological polar surface area (TPSA) is 127 Å². The van der Waals surface area contributed by atoms with Gasteiger partial charge in [-0.05, 0) is 35.4 Å². The number of nitrogens with zero attached hydrogens (tertiary/aromatic N) is 2. The molecule has 0 spiro atoms. The van der Waals surface area contributed by atoms with E-state index in [2.05, 4.69) is 20.8 Å². The quantitative estimate of drug-likeness (QED) is 0.475. The molecule has 29 heavy (non-hydrogen) atoms. The maximum Gasteiger partial charge on any atom is 0.250 e. The Labute approximate surface area is 176 Å². The summed E-state index contributed by atoms with van der Waals surface area (Å²) in [5.74, 6) is -0.355. The second-order valence-corrected chi connectivity index (χ2v) is 8.75. The number of carbonyl (C=O) groups is 1. The van der Waals surface area contributed by atoms with Gasteiger partial charge in [-0.25, -0.2) is 13.6 Å². The van der Waals surface area contributed by atoms with Crippen LogP contribution >= 0.6 is 22.9 Å². The van der Waals surface area contributed by atoms with Crippen molar-refractivity contribution in [1.82, 2.24) is 10.2 Å². The zero-order valence-corrected chi connectivity index (χ0v) is 17.3. The Bertz CT molecular complexity index is 1140. The first kappa shape index (κ1) is 20.9. The van der Waals surface area contributed by atoms with Gasteiger partial charge < -0.3 is 5.32 Å². The average molecular weight is 450 g/mol. The van der Waals surface area contributed by atoms with E-state index in [0.717, 1.165) is 11.1 Å². The molecule has 0 radical (unpaired) electrons. The van der Waals surface area contributed by atoms with Gasteiger partial charge in [0.15, 0.2) is 0 Å². The minimum atomic E-state index is -3.71. The van der Waals surface area contributed by atoms with Crippen LogP contribution in [-0.2, 0) is 21.4 Å². The van der Waals surface area contributed by atoms with Gasteiger partial charge in [0.05, 0.1) is 4.90 Å². The molecule has 0 aliphatic heterocycles. The van der Waals surface area contributed by atoms with E-state index in [-0.39, 0.29) is 10.8 Å². The van der Waals surface area contributed by atoms with E-state index in [0.29, 0.717) is 21.8 Å². The molecule has 0 unspecified atom stereocenters. The highest BCUT2D eigenvalue weighted by Crippen LogP contribution is 2.21. The predicted octanol–water partition coefficient (Wildman–Crippen LogP) is 3.10. The van der Waals surface area contributed by atoms with E-state index in [9.17, 15) is 13.2 Å². The molecule has 0 saturated carbocycles. The highest BCUT2D eigenvalue weighted by molar-refractivity contribution is 7.89. The van der Waals surface area contributed by atoms with E-state index in [1.54, 1.807) is 30.3 Å². The number of primary sulfonamides is 1. The fraction of sp³-hybridized carbons (Fsp3) is 0.0556. The Kier molecular flexibility index (Phi) is 6.60. The molecular formula is C18H16ClN5O3S2. The van der Waals surface area contributed by atoms with Crippen LogP contribution in [0.4, 0.5) is 10.3 Å². The van der Waals surface area contributed by atoms with Crippen molar-refractivity contribution in [3.05, 3.63) is 70.8 Å². The van der Waals surface area contributed by atoms with Crippen LogP contribution in [0.2, 0.25) is 5.02 Å². The third-order valence-corrected chi connectivity index (χ3v) is 5.74. The van der Waals surface area contributed by atoms with E-state index in [1.165, 1.54) is 29.5 Å². The SMILES string of the molecule is NS(=O)(=O)c1ccc(CNc2nnc(NC(=O)/C=C/c3ccccc3Cl)s2)cc1. The number of rotatable bonds is 7. The van der Waals surface area contributed by atoms with Crippen molar-refractivity contribution in [3.63, 3.8) is 0 Å². The van der Waals surface area contributed by atoms with Crippen molar-refractivity contribution in [1.29, 1.82) is 0 Å². The molecule has 0 aliphatic carbocycles. The summed E-state index contributed by atoms with van der Waals surface area (Å²) in [5.41, 5.74) is 1.57. The molecule has 8 nitrogen and oxygen atoms in total. The summed E-state index contributed by atoms with van der Waals surface area (Å²) in [6, 6.07) is 13.3. The molecule has 1 aromatic heterocycles. The summed E-state index contributed by atoms with van der Waals surface area (Å²) in [7, 11) is -3.71. The molecule has 150 valence electrons. The van der Waals surface area contributed by atoms with Crippen LogP contribution in [-0.4, -0.2) is 24.5 Å². The van der Waals surface area contributed by atoms with Gasteiger partial charge in [-0.2, -0.15) is 0 Å². The first-order valence-electron chi connectivity index (χ1n) is 8.24. The molecule has 3 aromatic rings. The van der Waals surface area contributed by atoms with Gasteiger partial charge in [-0.1, -0.05) is 53.3 Å². The molecular weight excluding hydrogens is 434 g/mol. The third kappa shape index (κ3) is 6.09. The molecule has 0 atom stereocenters. The fourth-order valence-electron chi connectivity index (χ4n) is 2.24. The number of hydrogen-bond acceptors (Lipinski definition) is 7. The largest absolute Gasteiger partial charge is 0.356 e. The Morgan fingerprint density at radius 1 is 1.10 bits per heavy atom. The van der Waals surface area contributed by atoms with Crippen molar-refractivity contribution < 1.29 is 13.2 Å². The minimum absolute atomic E-state index is 0.0482. The monoisotopic (exact) mass is 449 g/mol. The van der Waals surface area contributed by atoms with Gasteiger partial charge in [0.2, 0.25) is 26.2 Å². The lowest BCUT2D eigenvalue weighted by atomic mass is 10.2. The number of carbonyl (C=O) groups excluding carboxylic acids is 1. The number of sulfonamides is 1. The number of halogens is 1. The van der Waals surface area contributed by atoms with Crippen LogP contribution in [0.15, 0.2) is 59.5 Å². The number of benzene rings is 2. The summed E-state index contributed by atoms with van der Waals surface area (Å²) in [6.07, 6.45) is 2.98. The van der Waals surface area contributed by atoms with Crippen LogP contribution in [0, 0.1) is 0 Å². The van der Waals surface area contributed by atoms with E-state index < -0.39 is 10.0 Å². The highest BCUT2D eigenvalue weighted by atomic mass is 35.5. The van der Waals surface area contributed by atoms with Crippen molar-refractivity contribution in [2.45, 2.75) is 11.4 Å². The van der Waals surface area contributed by atoms with Crippen LogP contribution in [0.1, 0.15) is 11.1 Å². The van der Waals surface area contributed by atoms with Crippen molar-refractivity contribution in [3.8, 4) is 0 Å². The van der Waals surface area contributed by atoms with E-state index in [1.807, 2.05) is 12.1 Å². The van der Waals surface area contributed by atoms with Crippen molar-refractivity contribution >= 4 is 55.2 Å².